The van der Waals surface area contributed by atoms with Crippen molar-refractivity contribution < 1.29 is 19.1 Å². The number of para-hydroxylation sites is 2. The summed E-state index contributed by atoms with van der Waals surface area (Å²) >= 11 is 0. The van der Waals surface area contributed by atoms with Crippen LogP contribution < -0.4 is 9.47 Å². The highest BCUT2D eigenvalue weighted by molar-refractivity contribution is 5.95. The fraction of sp³-hybridized carbons (Fsp3) is 0.158. The van der Waals surface area contributed by atoms with Gasteiger partial charge in [0.05, 0.1) is 6.42 Å². The van der Waals surface area contributed by atoms with Crippen LogP contribution in [0.1, 0.15) is 17.5 Å². The number of hydrogen-bond acceptors (Lipinski definition) is 4. The van der Waals surface area contributed by atoms with Crippen molar-refractivity contribution in [3.63, 3.8) is 0 Å². The second kappa shape index (κ2) is 7.40. The molecule has 0 atom stereocenters. The molecule has 2 aromatic carbocycles. The highest BCUT2D eigenvalue weighted by Gasteiger charge is 2.16. The molecular formula is C19H18O4. The van der Waals surface area contributed by atoms with Gasteiger partial charge >= 0.3 is 11.9 Å². The molecule has 0 aliphatic carbocycles. The molecule has 0 saturated carbocycles. The topological polar surface area (TPSA) is 52.6 Å². The molecule has 0 N–H and O–H groups in total. The van der Waals surface area contributed by atoms with E-state index in [2.05, 4.69) is 6.58 Å². The first kappa shape index (κ1) is 16.5. The molecule has 2 rings (SSSR count). The Morgan fingerprint density at radius 1 is 0.870 bits per heavy atom. The van der Waals surface area contributed by atoms with Crippen LogP contribution in [0, 0.1) is 13.8 Å². The van der Waals surface area contributed by atoms with Gasteiger partial charge in [-0.1, -0.05) is 43.0 Å². The Kier molecular flexibility index (Phi) is 5.31. The largest absolute Gasteiger partial charge is 0.426 e. The first-order chi connectivity index (χ1) is 11.0. The Balaban J connectivity index is 1.93. The van der Waals surface area contributed by atoms with Crippen LogP contribution in [0.25, 0.3) is 0 Å². The van der Waals surface area contributed by atoms with E-state index in [9.17, 15) is 9.59 Å². The van der Waals surface area contributed by atoms with Gasteiger partial charge in [-0.25, -0.2) is 4.79 Å². The summed E-state index contributed by atoms with van der Waals surface area (Å²) in [6.45, 7) is 7.28. The molecule has 0 aromatic heterocycles. The smallest absolute Gasteiger partial charge is 0.339 e. The Bertz CT molecular complexity index is 747. The zero-order valence-electron chi connectivity index (χ0n) is 13.2. The molecule has 0 unspecified atom stereocenters. The number of ether oxygens (including phenoxy) is 2. The van der Waals surface area contributed by atoms with Crippen LogP contribution >= 0.6 is 0 Å². The van der Waals surface area contributed by atoms with Gasteiger partial charge in [0.2, 0.25) is 0 Å². The van der Waals surface area contributed by atoms with Crippen molar-refractivity contribution in [3.8, 4) is 11.5 Å². The Morgan fingerprint density at radius 2 is 1.35 bits per heavy atom. The maximum atomic E-state index is 12.0. The quantitative estimate of drug-likeness (QED) is 0.479. The Morgan fingerprint density at radius 3 is 1.87 bits per heavy atom. The van der Waals surface area contributed by atoms with E-state index in [-0.39, 0.29) is 12.0 Å². The molecule has 0 aliphatic heterocycles. The van der Waals surface area contributed by atoms with E-state index >= 15 is 0 Å². The fourth-order valence-electron chi connectivity index (χ4n) is 1.92. The molecule has 0 radical (unpaired) electrons. The first-order valence-corrected chi connectivity index (χ1v) is 7.19. The molecule has 23 heavy (non-hydrogen) atoms. The van der Waals surface area contributed by atoms with Crippen LogP contribution in [-0.4, -0.2) is 11.9 Å². The summed E-state index contributed by atoms with van der Waals surface area (Å²) in [7, 11) is 0. The van der Waals surface area contributed by atoms with Crippen LogP contribution in [0.5, 0.6) is 11.5 Å². The summed E-state index contributed by atoms with van der Waals surface area (Å²) in [4.78, 5) is 23.9. The minimum absolute atomic E-state index is 0.0480. The van der Waals surface area contributed by atoms with Gasteiger partial charge in [-0.05, 0) is 37.1 Å². The number of benzene rings is 2. The van der Waals surface area contributed by atoms with E-state index in [1.54, 1.807) is 24.3 Å². The van der Waals surface area contributed by atoms with Crippen molar-refractivity contribution in [1.29, 1.82) is 0 Å². The van der Waals surface area contributed by atoms with E-state index in [1.165, 1.54) is 0 Å². The summed E-state index contributed by atoms with van der Waals surface area (Å²) in [5, 5.41) is 0. The zero-order chi connectivity index (χ0) is 16.8. The monoisotopic (exact) mass is 310 g/mol. The molecule has 0 heterocycles. The number of carbonyl (C=O) groups is 2. The number of esters is 2. The van der Waals surface area contributed by atoms with Gasteiger partial charge < -0.3 is 9.47 Å². The Labute approximate surface area is 135 Å². The van der Waals surface area contributed by atoms with Crippen molar-refractivity contribution in [2.75, 3.05) is 0 Å². The average molecular weight is 310 g/mol. The van der Waals surface area contributed by atoms with E-state index in [4.69, 9.17) is 9.47 Å². The number of hydrogen-bond donors (Lipinski definition) is 0. The minimum atomic E-state index is -0.638. The molecule has 0 amide bonds. The third kappa shape index (κ3) is 4.54. The summed E-state index contributed by atoms with van der Waals surface area (Å²) in [5.74, 6) is -0.268. The second-order valence-electron chi connectivity index (χ2n) is 5.17. The highest BCUT2D eigenvalue weighted by atomic mass is 16.5. The van der Waals surface area contributed by atoms with Gasteiger partial charge in [0, 0.05) is 5.57 Å². The highest BCUT2D eigenvalue weighted by Crippen LogP contribution is 2.19. The Hall–Kier alpha value is -2.88. The van der Waals surface area contributed by atoms with Crippen molar-refractivity contribution >= 4 is 11.9 Å². The molecule has 2 aromatic rings. The third-order valence-electron chi connectivity index (χ3n) is 3.26. The molecule has 4 nitrogen and oxygen atoms in total. The van der Waals surface area contributed by atoms with Crippen molar-refractivity contribution in [2.45, 2.75) is 20.3 Å². The zero-order valence-corrected chi connectivity index (χ0v) is 13.2. The van der Waals surface area contributed by atoms with E-state index in [1.807, 2.05) is 38.1 Å². The minimum Gasteiger partial charge on any atom is -0.426 e. The van der Waals surface area contributed by atoms with Crippen LogP contribution in [-0.2, 0) is 9.59 Å². The molecule has 0 aliphatic rings. The van der Waals surface area contributed by atoms with Crippen molar-refractivity contribution in [2.24, 2.45) is 0 Å². The lowest BCUT2D eigenvalue weighted by molar-refractivity contribution is -0.136. The summed E-state index contributed by atoms with van der Waals surface area (Å²) in [6.07, 6.45) is -0.223. The average Bonchev–Trinajstić information content (AvgIpc) is 2.51. The van der Waals surface area contributed by atoms with Gasteiger partial charge in [-0.2, -0.15) is 0 Å². The van der Waals surface area contributed by atoms with Crippen molar-refractivity contribution in [1.82, 2.24) is 0 Å². The number of carbonyl (C=O) groups excluding carboxylic acids is 2. The molecule has 0 fully saturated rings. The maximum absolute atomic E-state index is 12.0. The summed E-state index contributed by atoms with van der Waals surface area (Å²) < 4.78 is 10.5. The molecular weight excluding hydrogens is 292 g/mol. The van der Waals surface area contributed by atoms with Crippen LogP contribution in [0.3, 0.4) is 0 Å². The molecule has 118 valence electrons. The lowest BCUT2D eigenvalue weighted by Crippen LogP contribution is -2.17. The van der Waals surface area contributed by atoms with E-state index in [0.29, 0.717) is 11.5 Å². The summed E-state index contributed by atoms with van der Waals surface area (Å²) in [5.41, 5.74) is 1.72. The standard InChI is InChI=1S/C19H18O4/c1-13-8-4-6-10-16(13)22-18(20)12-15(3)19(21)23-17-11-7-5-9-14(17)2/h4-11H,3,12H2,1-2H3. The maximum Gasteiger partial charge on any atom is 0.339 e. The van der Waals surface area contributed by atoms with Gasteiger partial charge in [0.15, 0.2) is 0 Å². The first-order valence-electron chi connectivity index (χ1n) is 7.19. The van der Waals surface area contributed by atoms with Crippen LogP contribution in [0.15, 0.2) is 60.7 Å². The van der Waals surface area contributed by atoms with Crippen LogP contribution in [0.4, 0.5) is 0 Å². The lowest BCUT2D eigenvalue weighted by Gasteiger charge is -2.09. The predicted molar refractivity (Wildman–Crippen MR) is 87.4 cm³/mol. The lowest BCUT2D eigenvalue weighted by atomic mass is 10.2. The fourth-order valence-corrected chi connectivity index (χ4v) is 1.92. The van der Waals surface area contributed by atoms with Crippen molar-refractivity contribution in [3.05, 3.63) is 71.8 Å². The van der Waals surface area contributed by atoms with Gasteiger partial charge in [0.25, 0.3) is 0 Å². The summed E-state index contributed by atoms with van der Waals surface area (Å²) in [6, 6.07) is 14.3. The van der Waals surface area contributed by atoms with Crippen LogP contribution in [0.2, 0.25) is 0 Å². The molecule has 0 saturated heterocycles. The second-order valence-corrected chi connectivity index (χ2v) is 5.17. The van der Waals surface area contributed by atoms with E-state index in [0.717, 1.165) is 11.1 Å². The SMILES string of the molecule is C=C(CC(=O)Oc1ccccc1C)C(=O)Oc1ccccc1C. The van der Waals surface area contributed by atoms with Gasteiger partial charge in [0.1, 0.15) is 11.5 Å². The third-order valence-corrected chi connectivity index (χ3v) is 3.26. The normalized spacial score (nSPS) is 10.0. The molecule has 0 bridgehead atoms. The number of rotatable bonds is 5. The predicted octanol–water partition coefficient (Wildman–Crippen LogP) is 3.76. The van der Waals surface area contributed by atoms with Gasteiger partial charge in [-0.15, -0.1) is 0 Å². The molecule has 4 heteroatoms. The number of aryl methyl sites for hydroxylation is 2. The molecule has 0 spiro atoms. The van der Waals surface area contributed by atoms with Gasteiger partial charge in [-0.3, -0.25) is 4.79 Å². The van der Waals surface area contributed by atoms with E-state index < -0.39 is 11.9 Å².